The van der Waals surface area contributed by atoms with Gasteiger partial charge >= 0.3 is 0 Å². The van der Waals surface area contributed by atoms with E-state index >= 15 is 0 Å². The van der Waals surface area contributed by atoms with Gasteiger partial charge in [-0.2, -0.15) is 0 Å². The zero-order chi connectivity index (χ0) is 19.5. The fraction of sp³-hybridized carbons (Fsp3) is 0.714. The van der Waals surface area contributed by atoms with Crippen LogP contribution in [0.25, 0.3) is 0 Å². The maximum absolute atomic E-state index is 10.3. The number of aromatic hydroxyl groups is 1. The first-order chi connectivity index (χ1) is 12.1. The minimum absolute atomic E-state index is 0.283. The van der Waals surface area contributed by atoms with Gasteiger partial charge in [-0.1, -0.05) is 13.8 Å². The summed E-state index contributed by atoms with van der Waals surface area (Å²) in [4.78, 5) is 0. The van der Waals surface area contributed by atoms with Crippen LogP contribution in [0.3, 0.4) is 0 Å². The van der Waals surface area contributed by atoms with Gasteiger partial charge in [0, 0.05) is 24.6 Å². The predicted molar refractivity (Wildman–Crippen MR) is 104 cm³/mol. The molecule has 148 valence electrons. The molecule has 2 rings (SSSR count). The molecule has 0 aromatic heterocycles. The number of benzene rings is 1. The van der Waals surface area contributed by atoms with E-state index in [9.17, 15) is 10.2 Å². The summed E-state index contributed by atoms with van der Waals surface area (Å²) in [5.74, 6) is 1.31. The Morgan fingerprint density at radius 2 is 1.88 bits per heavy atom. The van der Waals surface area contributed by atoms with Gasteiger partial charge in [-0.15, -0.1) is 0 Å². The molecule has 26 heavy (non-hydrogen) atoms. The van der Waals surface area contributed by atoms with Crippen LogP contribution in [0.5, 0.6) is 11.5 Å². The Labute approximate surface area is 157 Å². The standard InChI is InChI=1S/C21H35NO4/c1-13(2)22-11-17(23)12-25-10-9-21(6)8-7-18-16(5)19(24)14(3)15(4)20(18)26-21/h13,17,22-24H,7-12H2,1-6H3. The van der Waals surface area contributed by atoms with Crippen LogP contribution in [-0.2, 0) is 11.2 Å². The van der Waals surface area contributed by atoms with E-state index in [1.54, 1.807) is 0 Å². The van der Waals surface area contributed by atoms with Crippen molar-refractivity contribution in [2.24, 2.45) is 0 Å². The average molecular weight is 366 g/mol. The molecule has 5 heteroatoms. The van der Waals surface area contributed by atoms with Gasteiger partial charge < -0.3 is 25.0 Å². The first kappa shape index (κ1) is 21.0. The van der Waals surface area contributed by atoms with Crippen molar-refractivity contribution in [3.8, 4) is 11.5 Å². The zero-order valence-electron chi connectivity index (χ0n) is 17.1. The van der Waals surface area contributed by atoms with Crippen molar-refractivity contribution in [1.82, 2.24) is 5.32 Å². The first-order valence-electron chi connectivity index (χ1n) is 9.64. The summed E-state index contributed by atoms with van der Waals surface area (Å²) in [7, 11) is 0. The molecule has 0 bridgehead atoms. The highest BCUT2D eigenvalue weighted by Crippen LogP contribution is 2.43. The molecule has 0 saturated heterocycles. The molecule has 1 aromatic carbocycles. The Bertz CT molecular complexity index is 629. The lowest BCUT2D eigenvalue weighted by molar-refractivity contribution is -0.00663. The highest BCUT2D eigenvalue weighted by atomic mass is 16.5. The Kier molecular flexibility index (Phi) is 6.94. The Hall–Kier alpha value is -1.30. The lowest BCUT2D eigenvalue weighted by Crippen LogP contribution is -2.39. The third kappa shape index (κ3) is 4.90. The number of ether oxygens (including phenoxy) is 2. The van der Waals surface area contributed by atoms with E-state index in [1.165, 1.54) is 0 Å². The highest BCUT2D eigenvalue weighted by Gasteiger charge is 2.34. The van der Waals surface area contributed by atoms with Gasteiger partial charge in [0.05, 0.1) is 19.3 Å². The van der Waals surface area contributed by atoms with E-state index in [1.807, 2.05) is 20.8 Å². The van der Waals surface area contributed by atoms with Gasteiger partial charge in [0.25, 0.3) is 0 Å². The molecule has 2 unspecified atom stereocenters. The smallest absolute Gasteiger partial charge is 0.127 e. The maximum Gasteiger partial charge on any atom is 0.127 e. The van der Waals surface area contributed by atoms with Crippen molar-refractivity contribution in [2.45, 2.75) is 78.6 Å². The van der Waals surface area contributed by atoms with Crippen molar-refractivity contribution in [3.63, 3.8) is 0 Å². The van der Waals surface area contributed by atoms with Crippen LogP contribution in [0.15, 0.2) is 0 Å². The molecule has 0 aliphatic carbocycles. The number of hydrogen-bond acceptors (Lipinski definition) is 5. The monoisotopic (exact) mass is 365 g/mol. The minimum atomic E-state index is -0.492. The predicted octanol–water partition coefficient (Wildman–Crippen LogP) is 3.17. The number of hydrogen-bond donors (Lipinski definition) is 3. The number of aliphatic hydroxyl groups excluding tert-OH is 1. The SMILES string of the molecule is Cc1c(C)c2c(c(C)c1O)CCC(C)(CCOCC(O)CNC(C)C)O2. The van der Waals surface area contributed by atoms with Crippen molar-refractivity contribution >= 4 is 0 Å². The van der Waals surface area contributed by atoms with E-state index in [2.05, 4.69) is 26.1 Å². The summed E-state index contributed by atoms with van der Waals surface area (Å²) in [6.45, 7) is 13.6. The fourth-order valence-electron chi connectivity index (χ4n) is 3.41. The Morgan fingerprint density at radius 3 is 2.54 bits per heavy atom. The first-order valence-corrected chi connectivity index (χ1v) is 9.64. The van der Waals surface area contributed by atoms with Crippen LogP contribution in [0.4, 0.5) is 0 Å². The van der Waals surface area contributed by atoms with Crippen LogP contribution in [0.1, 0.15) is 55.9 Å². The van der Waals surface area contributed by atoms with Crippen LogP contribution >= 0.6 is 0 Å². The van der Waals surface area contributed by atoms with Crippen molar-refractivity contribution in [3.05, 3.63) is 22.3 Å². The van der Waals surface area contributed by atoms with Crippen molar-refractivity contribution < 1.29 is 19.7 Å². The second kappa shape index (κ2) is 8.59. The molecule has 1 aliphatic rings. The fourth-order valence-corrected chi connectivity index (χ4v) is 3.41. The molecular weight excluding hydrogens is 330 g/mol. The van der Waals surface area contributed by atoms with Crippen LogP contribution < -0.4 is 10.1 Å². The van der Waals surface area contributed by atoms with Crippen LogP contribution in [-0.4, -0.2) is 47.7 Å². The topological polar surface area (TPSA) is 71.0 Å². The third-order valence-electron chi connectivity index (χ3n) is 5.44. The van der Waals surface area contributed by atoms with E-state index < -0.39 is 6.10 Å². The number of phenols is 1. The molecule has 3 N–H and O–H groups in total. The summed E-state index contributed by atoms with van der Waals surface area (Å²) < 4.78 is 12.1. The van der Waals surface area contributed by atoms with E-state index in [0.717, 1.165) is 47.3 Å². The molecule has 2 atom stereocenters. The second-order valence-corrected chi connectivity index (χ2v) is 8.12. The van der Waals surface area contributed by atoms with Gasteiger partial charge in [-0.05, 0) is 57.2 Å². The van der Waals surface area contributed by atoms with Gasteiger partial charge in [-0.3, -0.25) is 0 Å². The van der Waals surface area contributed by atoms with E-state index in [-0.39, 0.29) is 5.60 Å². The van der Waals surface area contributed by atoms with Gasteiger partial charge in [0.1, 0.15) is 17.1 Å². The average Bonchev–Trinajstić information content (AvgIpc) is 2.60. The normalized spacial score (nSPS) is 20.8. The summed E-state index contributed by atoms with van der Waals surface area (Å²) in [5.41, 5.74) is 3.68. The third-order valence-corrected chi connectivity index (χ3v) is 5.44. The zero-order valence-corrected chi connectivity index (χ0v) is 17.1. The number of aliphatic hydroxyl groups is 1. The van der Waals surface area contributed by atoms with Gasteiger partial charge in [0.2, 0.25) is 0 Å². The molecule has 0 amide bonds. The van der Waals surface area contributed by atoms with Gasteiger partial charge in [0.15, 0.2) is 0 Å². The molecule has 5 nitrogen and oxygen atoms in total. The lowest BCUT2D eigenvalue weighted by atomic mass is 9.86. The molecule has 1 aliphatic heterocycles. The lowest BCUT2D eigenvalue weighted by Gasteiger charge is -2.38. The van der Waals surface area contributed by atoms with E-state index in [0.29, 0.717) is 31.5 Å². The van der Waals surface area contributed by atoms with Crippen LogP contribution in [0.2, 0.25) is 0 Å². The van der Waals surface area contributed by atoms with Crippen LogP contribution in [0, 0.1) is 20.8 Å². The summed E-state index contributed by atoms with van der Waals surface area (Å²) in [6, 6.07) is 0.355. The molecule has 0 spiro atoms. The Morgan fingerprint density at radius 1 is 1.19 bits per heavy atom. The number of phenolic OH excluding ortho intramolecular Hbond substituents is 1. The van der Waals surface area contributed by atoms with Crippen molar-refractivity contribution in [1.29, 1.82) is 0 Å². The summed E-state index contributed by atoms with van der Waals surface area (Å²) in [5, 5.41) is 23.4. The summed E-state index contributed by atoms with van der Waals surface area (Å²) in [6.07, 6.45) is 2.07. The number of fused-ring (bicyclic) bond motifs is 1. The maximum atomic E-state index is 10.3. The molecular formula is C21H35NO4. The number of nitrogens with one attached hydrogen (secondary N) is 1. The molecule has 0 fully saturated rings. The minimum Gasteiger partial charge on any atom is -0.507 e. The summed E-state index contributed by atoms with van der Waals surface area (Å²) >= 11 is 0. The second-order valence-electron chi connectivity index (χ2n) is 8.12. The molecule has 0 radical (unpaired) electrons. The quantitative estimate of drug-likeness (QED) is 0.617. The molecule has 0 saturated carbocycles. The molecule has 1 heterocycles. The largest absolute Gasteiger partial charge is 0.507 e. The number of rotatable bonds is 8. The molecule has 1 aromatic rings. The van der Waals surface area contributed by atoms with E-state index in [4.69, 9.17) is 9.47 Å². The highest BCUT2D eigenvalue weighted by molar-refractivity contribution is 5.58. The van der Waals surface area contributed by atoms with Crippen molar-refractivity contribution in [2.75, 3.05) is 19.8 Å². The van der Waals surface area contributed by atoms with Gasteiger partial charge in [-0.25, -0.2) is 0 Å². The Balaban J connectivity index is 1.91.